The second-order valence-corrected chi connectivity index (χ2v) is 44.3. The number of rotatable bonds is 35. The number of halogens is 3. The number of Topliss-reactive ketones (excluding diaryl/α,β-unsaturated/α-hetero) is 1. The number of anilines is 2. The maximum atomic E-state index is 14.6. The highest BCUT2D eigenvalue weighted by Gasteiger charge is 2.56. The van der Waals surface area contributed by atoms with E-state index in [1.807, 2.05) is 107 Å². The van der Waals surface area contributed by atoms with Gasteiger partial charge in [0.05, 0.1) is 24.8 Å². The van der Waals surface area contributed by atoms with E-state index in [-0.39, 0.29) is 132 Å². The predicted molar refractivity (Wildman–Crippen MR) is 525 cm³/mol. The second kappa shape index (κ2) is 48.7. The van der Waals surface area contributed by atoms with E-state index in [2.05, 4.69) is 62.5 Å². The smallest absolute Gasteiger partial charge is 0.471 e. The summed E-state index contributed by atoms with van der Waals surface area (Å²) in [5.74, 6) is -8.95. The van der Waals surface area contributed by atoms with Crippen LogP contribution in [0.15, 0.2) is 61.2 Å². The molecule has 40 heteroatoms. The van der Waals surface area contributed by atoms with E-state index in [1.54, 1.807) is 32.9 Å². The summed E-state index contributed by atoms with van der Waals surface area (Å²) in [6.45, 7) is 24.8. The standard InChI is InChI=1S/C52H72N8O9.C32H47N5O7.C21H25F3N4O4/c1-51(2,3)44(49(67)60-29-32-19-15-20-33(32)43(60)50(68)69-52(4,5)6)58-47(65)42(31-17-11-10-12-18-31)57-45(63)38-28-54-37(27-55-38)40(61)23-13-8-7-9-14-26-53-36-22-16-21-34-35(36)30-59(48(34)66)39-24-25-41(62)56-46(39)64;1-31(2,3)25(28(40)37-17-19-13-10-14-20(19)24(37)30(43)44-32(4,5)6)36-27(39)23(18-11-8-7-9-12-18)35-26(38)21-15-34-22(16-33-21)29(41)42;22-21(23,24)20(32)26-11-4-2-1-3-10-25-15-7-5-6-13-14(15)12-28(19(13)31)16-8-9-17(29)27-18(16)30/h16,21-22,27-28,31-33,39,42-44,53H,7-15,17-20,23-26,29-30H2,1-6H3,(H,57,63)(H,58,65)(H,56,62,64);15-16,18-20,23-25H,7-14,17H2,1-6H3,(H,35,38)(H,36,39)(H,41,42);5-7,16,25H,1-4,8-12H2,(H,26,32)(H,27,29,30)/t32-,33-,39?,42-,43-,44+;19-,20-,23-,24-,25+;/m00./s1. The normalized spacial score (nSPS) is 22.0. The molecule has 8 heterocycles. The number of aromatic carboxylic acids is 1. The van der Waals surface area contributed by atoms with Crippen molar-refractivity contribution in [1.29, 1.82) is 0 Å². The Balaban J connectivity index is 0.000000210. The fraction of sp³-hybridized carbons (Fsp3) is 0.648. The van der Waals surface area contributed by atoms with Crippen molar-refractivity contribution in [3.8, 4) is 0 Å². The van der Waals surface area contributed by atoms with Gasteiger partial charge in [-0.15, -0.1) is 0 Å². The van der Waals surface area contributed by atoms with Crippen molar-refractivity contribution in [1.82, 2.24) is 76.8 Å². The number of hydrogen-bond donors (Lipinski definition) is 10. The molecule has 4 saturated heterocycles. The summed E-state index contributed by atoms with van der Waals surface area (Å²) in [5, 5.41) is 34.0. The molecule has 10 N–H and O–H groups in total. The van der Waals surface area contributed by atoms with Crippen molar-refractivity contribution >= 4 is 112 Å². The molecule has 4 aromatic rings. The Morgan fingerprint density at radius 1 is 0.448 bits per heavy atom. The van der Waals surface area contributed by atoms with E-state index in [1.165, 1.54) is 17.3 Å². The van der Waals surface area contributed by atoms with E-state index < -0.39 is 136 Å². The summed E-state index contributed by atoms with van der Waals surface area (Å²) >= 11 is 0. The number of imide groups is 2. The van der Waals surface area contributed by atoms with Crippen LogP contribution in [0.5, 0.6) is 0 Å². The van der Waals surface area contributed by atoms with Crippen LogP contribution in [0.2, 0.25) is 0 Å². The molecule has 0 spiro atoms. The number of carboxylic acid groups (broad SMARTS) is 1. The van der Waals surface area contributed by atoms with Crippen LogP contribution >= 0.6 is 0 Å². The number of fused-ring (bicyclic) bond motifs is 4. The highest BCUT2D eigenvalue weighted by Crippen LogP contribution is 2.47. The van der Waals surface area contributed by atoms with Gasteiger partial charge in [0.15, 0.2) is 11.5 Å². The van der Waals surface area contributed by atoms with Crippen molar-refractivity contribution in [2.45, 2.75) is 355 Å². The first-order valence-electron chi connectivity index (χ1n) is 51.6. The number of ketones is 1. The van der Waals surface area contributed by atoms with Gasteiger partial charge in [0.2, 0.25) is 47.3 Å². The molecule has 12 atom stereocenters. The number of carbonyl (C=O) groups is 17. The molecular formula is C105H144F3N17O20. The molecule has 2 aromatic carbocycles. The number of aromatic nitrogens is 4. The maximum absolute atomic E-state index is 14.6. The Morgan fingerprint density at radius 3 is 1.20 bits per heavy atom. The van der Waals surface area contributed by atoms with Crippen LogP contribution in [0.4, 0.5) is 24.5 Å². The summed E-state index contributed by atoms with van der Waals surface area (Å²) in [6.07, 6.45) is 22.1. The fourth-order valence-corrected chi connectivity index (χ4v) is 21.7. The topological polar surface area (TPSA) is 502 Å². The minimum atomic E-state index is -4.85. The van der Waals surface area contributed by atoms with Gasteiger partial charge in [-0.2, -0.15) is 13.2 Å². The average Bonchev–Trinajstić information content (AvgIpc) is 1.62. The van der Waals surface area contributed by atoms with Crippen molar-refractivity contribution < 1.29 is 109 Å². The highest BCUT2D eigenvalue weighted by molar-refractivity contribution is 6.08. The first-order chi connectivity index (χ1) is 68.5. The Morgan fingerprint density at radius 2 is 0.828 bits per heavy atom. The van der Waals surface area contributed by atoms with E-state index in [4.69, 9.17) is 14.6 Å². The SMILES string of the molecule is CC(C)(C)OC(=O)[C@@H]1[C@H]2CCC[C@H]2CN1C(=O)[C@@H](NC(=O)[C@@H](NC(=O)c1cnc(C(=O)CCCCCCCNc2cccc3c2CN(C2CCC(=O)NC2=O)C3=O)cn1)C1CCCCC1)C(C)(C)C.CC(C)(C)OC(=O)[C@@H]1[C@H]2CCC[C@H]2CN1C(=O)[C@@H](NC(=O)[C@@H](NC(=O)c1cnc(C(=O)O)cn1)C1CCCCC1)C(C)(C)C.O=C1CCC(N2Cc3c(NCCCCCCNC(=O)C(F)(F)F)cccc3C2=O)C(=O)N1. The molecule has 6 aliphatic heterocycles. The van der Waals surface area contributed by atoms with Crippen LogP contribution in [0.25, 0.3) is 0 Å². The number of piperidine rings is 2. The van der Waals surface area contributed by atoms with Gasteiger partial charge in [-0.05, 0) is 202 Å². The van der Waals surface area contributed by atoms with Crippen LogP contribution in [-0.2, 0) is 75.3 Å². The summed E-state index contributed by atoms with van der Waals surface area (Å²) in [7, 11) is 0. The first-order valence-corrected chi connectivity index (χ1v) is 51.6. The average molecular weight is 2020 g/mol. The number of esters is 2. The van der Waals surface area contributed by atoms with Crippen LogP contribution in [-0.4, -0.2) is 244 Å². The number of hydrogen-bond acceptors (Lipinski definition) is 25. The number of amides is 13. The first kappa shape index (κ1) is 111. The molecule has 10 aliphatic rings. The third-order valence-electron chi connectivity index (χ3n) is 29.1. The molecule has 37 nitrogen and oxygen atoms in total. The number of likely N-dealkylation sites (tertiary alicyclic amines) is 2. The Kier molecular flexibility index (Phi) is 37.4. The lowest BCUT2D eigenvalue weighted by Gasteiger charge is -2.38. The van der Waals surface area contributed by atoms with Gasteiger partial charge in [0, 0.05) is 98.7 Å². The summed E-state index contributed by atoms with van der Waals surface area (Å²) in [5.41, 5.74) is 1.26. The summed E-state index contributed by atoms with van der Waals surface area (Å²) in [4.78, 5) is 242. The van der Waals surface area contributed by atoms with Crippen molar-refractivity contribution in [3.05, 3.63) is 106 Å². The van der Waals surface area contributed by atoms with E-state index >= 15 is 0 Å². The number of nitrogens with zero attached hydrogens (tertiary/aromatic N) is 8. The summed E-state index contributed by atoms with van der Waals surface area (Å²) < 4.78 is 47.9. The Labute approximate surface area is 844 Å². The monoisotopic (exact) mass is 2020 g/mol. The zero-order valence-electron chi connectivity index (χ0n) is 85.4. The number of ether oxygens (including phenoxy) is 2. The summed E-state index contributed by atoms with van der Waals surface area (Å²) in [6, 6.07) is 4.25. The van der Waals surface area contributed by atoms with Gasteiger partial charge in [-0.3, -0.25) is 77.8 Å². The fourth-order valence-electron chi connectivity index (χ4n) is 21.7. The lowest BCUT2D eigenvalue weighted by atomic mass is 9.82. The minimum Gasteiger partial charge on any atom is -0.476 e. The van der Waals surface area contributed by atoms with Gasteiger partial charge >= 0.3 is 30.0 Å². The molecule has 8 fully saturated rings. The number of unbranched alkanes of at least 4 members (excludes halogenated alkanes) is 7. The zero-order chi connectivity index (χ0) is 105. The number of alkyl halides is 3. The van der Waals surface area contributed by atoms with Crippen molar-refractivity contribution in [2.24, 2.45) is 46.3 Å². The molecule has 790 valence electrons. The van der Waals surface area contributed by atoms with Gasteiger partial charge < -0.3 is 71.4 Å². The third kappa shape index (κ3) is 29.1. The van der Waals surface area contributed by atoms with Crippen molar-refractivity contribution in [2.75, 3.05) is 43.4 Å². The lowest BCUT2D eigenvalue weighted by molar-refractivity contribution is -0.173. The molecular weight excluding hydrogens is 1880 g/mol. The molecule has 13 amide bonds. The Bertz CT molecular complexity index is 5410. The minimum absolute atomic E-state index is 0.00632. The molecule has 0 bridgehead atoms. The van der Waals surface area contributed by atoms with Gasteiger partial charge in [-0.25, -0.2) is 34.3 Å². The molecule has 145 heavy (non-hydrogen) atoms. The van der Waals surface area contributed by atoms with Crippen LogP contribution in [0.1, 0.15) is 350 Å². The Hall–Kier alpha value is -12.4. The van der Waals surface area contributed by atoms with E-state index in [9.17, 15) is 94.7 Å². The molecule has 4 aliphatic carbocycles. The molecule has 4 saturated carbocycles. The van der Waals surface area contributed by atoms with Crippen LogP contribution in [0.3, 0.4) is 0 Å². The lowest BCUT2D eigenvalue weighted by Crippen LogP contribution is -2.61. The number of carboxylic acids is 1. The zero-order valence-corrected chi connectivity index (χ0v) is 85.4. The molecule has 14 rings (SSSR count). The highest BCUT2D eigenvalue weighted by atomic mass is 19.4. The van der Waals surface area contributed by atoms with E-state index in [0.717, 1.165) is 176 Å². The quantitative estimate of drug-likeness (QED) is 0.00885. The molecule has 2 unspecified atom stereocenters. The van der Waals surface area contributed by atoms with Crippen LogP contribution in [0, 0.1) is 46.3 Å². The van der Waals surface area contributed by atoms with Gasteiger partial charge in [0.25, 0.3) is 23.6 Å². The number of benzene rings is 2. The van der Waals surface area contributed by atoms with Crippen molar-refractivity contribution in [3.63, 3.8) is 0 Å². The largest absolute Gasteiger partial charge is 0.476 e. The third-order valence-corrected chi connectivity index (χ3v) is 29.1. The van der Waals surface area contributed by atoms with Crippen LogP contribution < -0.4 is 47.9 Å². The molecule has 2 aromatic heterocycles. The van der Waals surface area contributed by atoms with Gasteiger partial charge in [-0.1, -0.05) is 137 Å². The van der Waals surface area contributed by atoms with E-state index in [0.29, 0.717) is 76.0 Å². The predicted octanol–water partition coefficient (Wildman–Crippen LogP) is 11.5. The van der Waals surface area contributed by atoms with Gasteiger partial charge in [0.1, 0.15) is 76.6 Å². The second-order valence-electron chi connectivity index (χ2n) is 44.3. The number of nitrogens with one attached hydrogen (secondary N) is 9. The maximum Gasteiger partial charge on any atom is 0.471 e. The number of carbonyl (C=O) groups excluding carboxylic acids is 16. The molecule has 0 radical (unpaired) electrons.